The Hall–Kier alpha value is -1.08. The van der Waals surface area contributed by atoms with Gasteiger partial charge in [0.25, 0.3) is 0 Å². The molecule has 0 spiro atoms. The van der Waals surface area contributed by atoms with Gasteiger partial charge < -0.3 is 4.57 Å². The zero-order chi connectivity index (χ0) is 11.9. The summed E-state index contributed by atoms with van der Waals surface area (Å²) in [4.78, 5) is 0.974. The molecule has 86 valence electrons. The lowest BCUT2D eigenvalue weighted by atomic mass is 9.91. The summed E-state index contributed by atoms with van der Waals surface area (Å²) in [5.41, 5.74) is 0.908. The van der Waals surface area contributed by atoms with Crippen LogP contribution in [0.15, 0.2) is 0 Å². The number of hydrogen-bond acceptors (Lipinski definition) is 5. The third-order valence-corrected chi connectivity index (χ3v) is 3.37. The van der Waals surface area contributed by atoms with Gasteiger partial charge in [0.05, 0.1) is 5.69 Å². The quantitative estimate of drug-likeness (QED) is 0.794. The fourth-order valence-electron chi connectivity index (χ4n) is 1.38. The Morgan fingerprint density at radius 1 is 1.38 bits per heavy atom. The number of nitrogens with zero attached hydrogens (tertiary/aromatic N) is 4. The molecule has 0 aliphatic heterocycles. The van der Waals surface area contributed by atoms with Gasteiger partial charge in [-0.25, -0.2) is 0 Å². The lowest BCUT2D eigenvalue weighted by Gasteiger charge is -2.15. The Morgan fingerprint density at radius 2 is 2.06 bits per heavy atom. The van der Waals surface area contributed by atoms with Gasteiger partial charge in [-0.2, -0.15) is 5.10 Å². The van der Waals surface area contributed by atoms with Crippen LogP contribution in [0, 0.1) is 4.77 Å². The molecule has 2 rings (SSSR count). The zero-order valence-corrected chi connectivity index (χ0v) is 11.2. The van der Waals surface area contributed by atoms with Crippen LogP contribution in [0.5, 0.6) is 0 Å². The van der Waals surface area contributed by atoms with Gasteiger partial charge in [0.2, 0.25) is 0 Å². The van der Waals surface area contributed by atoms with Crippen molar-refractivity contribution in [2.75, 3.05) is 0 Å². The fourth-order valence-corrected chi connectivity index (χ4v) is 2.41. The van der Waals surface area contributed by atoms with Crippen LogP contribution in [0.25, 0.3) is 10.7 Å². The van der Waals surface area contributed by atoms with E-state index in [1.165, 1.54) is 11.5 Å². The molecule has 0 saturated carbocycles. The molecule has 16 heavy (non-hydrogen) atoms. The number of nitrogens with one attached hydrogen (secondary N) is 1. The van der Waals surface area contributed by atoms with Crippen LogP contribution < -0.4 is 0 Å². The highest BCUT2D eigenvalue weighted by molar-refractivity contribution is 7.71. The number of H-pyrrole nitrogens is 1. The van der Waals surface area contributed by atoms with Crippen molar-refractivity contribution in [3.8, 4) is 10.7 Å². The molecule has 0 unspecified atom stereocenters. The van der Waals surface area contributed by atoms with Crippen LogP contribution in [0.1, 0.15) is 26.5 Å². The van der Waals surface area contributed by atoms with E-state index in [9.17, 15) is 0 Å². The van der Waals surface area contributed by atoms with Gasteiger partial charge in [0.1, 0.15) is 4.88 Å². The molecule has 2 aromatic heterocycles. The highest BCUT2D eigenvalue weighted by Crippen LogP contribution is 2.32. The van der Waals surface area contributed by atoms with Crippen molar-refractivity contribution in [3.05, 3.63) is 10.5 Å². The van der Waals surface area contributed by atoms with Gasteiger partial charge in [0, 0.05) is 12.5 Å². The fraction of sp³-hybridized carbons (Fsp3) is 0.556. The Labute approximate surface area is 103 Å². The third-order valence-electron chi connectivity index (χ3n) is 2.28. The zero-order valence-electron chi connectivity index (χ0n) is 9.61. The summed E-state index contributed by atoms with van der Waals surface area (Å²) >= 11 is 6.44. The molecular formula is C9H13N5S2. The van der Waals surface area contributed by atoms with E-state index in [0.29, 0.717) is 4.77 Å². The van der Waals surface area contributed by atoms with Gasteiger partial charge in [-0.3, -0.25) is 5.10 Å². The monoisotopic (exact) mass is 255 g/mol. The molecule has 0 radical (unpaired) electrons. The minimum Gasteiger partial charge on any atom is -0.303 e. The Bertz CT molecular complexity index is 557. The van der Waals surface area contributed by atoms with Gasteiger partial charge in [0.15, 0.2) is 10.6 Å². The average Bonchev–Trinajstić information content (AvgIpc) is 2.74. The van der Waals surface area contributed by atoms with E-state index in [-0.39, 0.29) is 5.41 Å². The highest BCUT2D eigenvalue weighted by atomic mass is 32.1. The topological polar surface area (TPSA) is 59.4 Å². The van der Waals surface area contributed by atoms with E-state index in [0.717, 1.165) is 16.4 Å². The first-order chi connectivity index (χ1) is 7.41. The van der Waals surface area contributed by atoms with Crippen LogP contribution >= 0.6 is 23.8 Å². The van der Waals surface area contributed by atoms with Crippen LogP contribution in [-0.2, 0) is 12.5 Å². The smallest absolute Gasteiger partial charge is 0.195 e. The molecule has 2 heterocycles. The Morgan fingerprint density at radius 3 is 2.56 bits per heavy atom. The van der Waals surface area contributed by atoms with E-state index in [4.69, 9.17) is 12.2 Å². The van der Waals surface area contributed by atoms with Crippen LogP contribution in [0.3, 0.4) is 0 Å². The second-order valence-electron chi connectivity index (χ2n) is 4.61. The lowest BCUT2D eigenvalue weighted by molar-refractivity contribution is 0.567. The molecule has 0 aliphatic carbocycles. The Kier molecular flexibility index (Phi) is 2.67. The van der Waals surface area contributed by atoms with Crippen LogP contribution in [0.4, 0.5) is 0 Å². The van der Waals surface area contributed by atoms with Crippen molar-refractivity contribution in [3.63, 3.8) is 0 Å². The van der Waals surface area contributed by atoms with E-state index in [2.05, 4.69) is 40.6 Å². The van der Waals surface area contributed by atoms with Crippen molar-refractivity contribution in [1.29, 1.82) is 0 Å². The number of aromatic amines is 1. The summed E-state index contributed by atoms with van der Waals surface area (Å²) in [5.74, 6) is 0.796. The van der Waals surface area contributed by atoms with Gasteiger partial charge >= 0.3 is 0 Å². The maximum Gasteiger partial charge on any atom is 0.195 e. The summed E-state index contributed by atoms with van der Waals surface area (Å²) in [6, 6.07) is 0. The third kappa shape index (κ3) is 1.80. The molecular weight excluding hydrogens is 242 g/mol. The second-order valence-corrected chi connectivity index (χ2v) is 5.75. The standard InChI is InChI=1S/C9H13N5S2/c1-9(2,3)6-5(16-13-10-6)7-11-12-8(15)14(7)4/h1-4H3,(H,12,15). The molecule has 0 saturated heterocycles. The van der Waals surface area contributed by atoms with E-state index in [1.54, 1.807) is 0 Å². The second kappa shape index (κ2) is 3.74. The maximum absolute atomic E-state index is 5.09. The summed E-state index contributed by atoms with van der Waals surface area (Å²) in [6.07, 6.45) is 0. The minimum atomic E-state index is -0.0457. The predicted octanol–water partition coefficient (Wildman–Crippen LogP) is 2.29. The summed E-state index contributed by atoms with van der Waals surface area (Å²) < 4.78 is 6.44. The number of rotatable bonds is 1. The van der Waals surface area contributed by atoms with E-state index >= 15 is 0 Å². The van der Waals surface area contributed by atoms with Gasteiger partial charge in [-0.1, -0.05) is 25.3 Å². The van der Waals surface area contributed by atoms with Crippen molar-refractivity contribution in [2.45, 2.75) is 26.2 Å². The number of hydrogen-bond donors (Lipinski definition) is 1. The first-order valence-corrected chi connectivity index (χ1v) is 6.04. The first kappa shape index (κ1) is 11.4. The summed E-state index contributed by atoms with van der Waals surface area (Å²) in [5, 5.41) is 11.2. The first-order valence-electron chi connectivity index (χ1n) is 4.86. The molecule has 2 aromatic rings. The molecule has 0 aliphatic rings. The largest absolute Gasteiger partial charge is 0.303 e. The minimum absolute atomic E-state index is 0.0457. The molecule has 0 aromatic carbocycles. The van der Waals surface area contributed by atoms with Crippen molar-refractivity contribution < 1.29 is 0 Å². The molecule has 0 bridgehead atoms. The molecule has 1 N–H and O–H groups in total. The molecule has 5 nitrogen and oxygen atoms in total. The van der Waals surface area contributed by atoms with E-state index < -0.39 is 0 Å². The SMILES string of the molecule is Cn1c(-c2snnc2C(C)(C)C)n[nH]c1=S. The molecule has 0 fully saturated rings. The van der Waals surface area contributed by atoms with Crippen molar-refractivity contribution >= 4 is 23.8 Å². The lowest BCUT2D eigenvalue weighted by Crippen LogP contribution is -2.13. The number of aromatic nitrogens is 5. The van der Waals surface area contributed by atoms with Crippen LogP contribution in [-0.4, -0.2) is 24.4 Å². The van der Waals surface area contributed by atoms with Gasteiger partial charge in [-0.15, -0.1) is 5.10 Å². The maximum atomic E-state index is 5.09. The summed E-state index contributed by atoms with van der Waals surface area (Å²) in [7, 11) is 1.88. The normalized spacial score (nSPS) is 12.0. The molecule has 0 atom stereocenters. The molecule has 7 heteroatoms. The summed E-state index contributed by atoms with van der Waals surface area (Å²) in [6.45, 7) is 6.32. The van der Waals surface area contributed by atoms with Crippen molar-refractivity contribution in [1.82, 2.24) is 24.4 Å². The Balaban J connectivity index is 2.62. The van der Waals surface area contributed by atoms with Gasteiger partial charge in [-0.05, 0) is 23.8 Å². The van der Waals surface area contributed by atoms with Crippen LogP contribution in [0.2, 0.25) is 0 Å². The molecule has 0 amide bonds. The van der Waals surface area contributed by atoms with E-state index in [1.807, 2.05) is 11.6 Å². The van der Waals surface area contributed by atoms with Crippen molar-refractivity contribution in [2.24, 2.45) is 7.05 Å². The predicted molar refractivity (Wildman–Crippen MR) is 66.0 cm³/mol. The highest BCUT2D eigenvalue weighted by Gasteiger charge is 2.25. The average molecular weight is 255 g/mol.